The van der Waals surface area contributed by atoms with Gasteiger partial charge < -0.3 is 29.9 Å². The molecule has 0 aromatic heterocycles. The Morgan fingerprint density at radius 3 is 1.93 bits per heavy atom. The van der Waals surface area contributed by atoms with Gasteiger partial charge in [0.05, 0.1) is 12.2 Å². The van der Waals surface area contributed by atoms with Crippen LogP contribution in [0.15, 0.2) is 78.9 Å². The average Bonchev–Trinajstić information content (AvgIpc) is 2.98. The predicted octanol–water partition coefficient (Wildman–Crippen LogP) is 5.21. The van der Waals surface area contributed by atoms with Gasteiger partial charge >= 0.3 is 5.97 Å². The molecule has 4 aromatic rings. The van der Waals surface area contributed by atoms with Crippen LogP contribution in [0.2, 0.25) is 0 Å². The van der Waals surface area contributed by atoms with E-state index in [1.165, 1.54) is 18.2 Å². The maximum atomic E-state index is 12.0. The van der Waals surface area contributed by atoms with Gasteiger partial charge in [0.2, 0.25) is 5.78 Å². The summed E-state index contributed by atoms with van der Waals surface area (Å²) in [6.45, 7) is 4.73. The Morgan fingerprint density at radius 1 is 0.643 bits per heavy atom. The van der Waals surface area contributed by atoms with Gasteiger partial charge in [-0.15, -0.1) is 0 Å². The number of ether oxygens (including phenoxy) is 2. The van der Waals surface area contributed by atoms with Crippen molar-refractivity contribution in [3.63, 3.8) is 0 Å². The summed E-state index contributed by atoms with van der Waals surface area (Å²) in [4.78, 5) is 35.8. The second kappa shape index (κ2) is 14.5. The predicted molar refractivity (Wildman–Crippen MR) is 155 cm³/mol. The van der Waals surface area contributed by atoms with E-state index < -0.39 is 12.6 Å². The van der Waals surface area contributed by atoms with Gasteiger partial charge in [0.15, 0.2) is 19.0 Å². The van der Waals surface area contributed by atoms with E-state index in [9.17, 15) is 29.7 Å². The van der Waals surface area contributed by atoms with E-state index in [1.54, 1.807) is 56.3 Å². The van der Waals surface area contributed by atoms with E-state index in [0.29, 0.717) is 22.4 Å². The Kier molecular flexibility index (Phi) is 10.8. The molecule has 0 amide bonds. The van der Waals surface area contributed by atoms with Gasteiger partial charge in [-0.1, -0.05) is 53.6 Å². The van der Waals surface area contributed by atoms with E-state index in [2.05, 4.69) is 0 Å². The van der Waals surface area contributed by atoms with E-state index >= 15 is 0 Å². The van der Waals surface area contributed by atoms with Crippen LogP contribution in [0.25, 0.3) is 0 Å². The summed E-state index contributed by atoms with van der Waals surface area (Å²) in [5.74, 6) is -1.32. The summed E-state index contributed by atoms with van der Waals surface area (Å²) in [6.07, 6.45) is 0. The molecule has 0 fully saturated rings. The van der Waals surface area contributed by atoms with Crippen LogP contribution in [0.5, 0.6) is 23.0 Å². The van der Waals surface area contributed by atoms with E-state index in [1.807, 2.05) is 19.1 Å². The largest absolute Gasteiger partial charge is 0.508 e. The fourth-order valence-electron chi connectivity index (χ4n) is 3.67. The van der Waals surface area contributed by atoms with Gasteiger partial charge in [0, 0.05) is 11.6 Å². The average molecular weight is 573 g/mol. The number of benzene rings is 4. The van der Waals surface area contributed by atoms with Crippen LogP contribution in [0, 0.1) is 20.8 Å². The Bertz CT molecular complexity index is 1560. The van der Waals surface area contributed by atoms with Crippen LogP contribution in [-0.4, -0.2) is 51.2 Å². The summed E-state index contributed by atoms with van der Waals surface area (Å²) >= 11 is 0. The first-order valence-corrected chi connectivity index (χ1v) is 12.9. The number of aliphatic hydroxyl groups excluding tert-OH is 1. The van der Waals surface area contributed by atoms with Crippen LogP contribution in [0.3, 0.4) is 0 Å². The normalized spacial score (nSPS) is 10.3. The molecule has 0 aliphatic carbocycles. The Balaban J connectivity index is 0.000000231. The summed E-state index contributed by atoms with van der Waals surface area (Å²) < 4.78 is 10.3. The molecule has 4 aromatic carbocycles. The third-order valence-electron chi connectivity index (χ3n) is 6.17. The van der Waals surface area contributed by atoms with Crippen molar-refractivity contribution in [1.82, 2.24) is 0 Å². The van der Waals surface area contributed by atoms with Crippen molar-refractivity contribution in [3.05, 3.63) is 118 Å². The third kappa shape index (κ3) is 8.67. The Labute approximate surface area is 243 Å². The number of hydrogen-bond donors (Lipinski definition) is 4. The smallest absolute Gasteiger partial charge is 0.342 e. The minimum Gasteiger partial charge on any atom is -0.508 e. The number of aromatic hydroxyl groups is 3. The first-order valence-electron chi connectivity index (χ1n) is 12.9. The van der Waals surface area contributed by atoms with Gasteiger partial charge in [0.1, 0.15) is 28.6 Å². The summed E-state index contributed by atoms with van der Waals surface area (Å²) in [6, 6.07) is 20.9. The molecule has 0 saturated heterocycles. The van der Waals surface area contributed by atoms with Crippen LogP contribution < -0.4 is 4.74 Å². The van der Waals surface area contributed by atoms with Crippen LogP contribution >= 0.6 is 0 Å². The lowest BCUT2D eigenvalue weighted by Gasteiger charge is -2.08. The Morgan fingerprint density at radius 2 is 1.29 bits per heavy atom. The third-order valence-corrected chi connectivity index (χ3v) is 6.17. The fourth-order valence-corrected chi connectivity index (χ4v) is 3.67. The van der Waals surface area contributed by atoms with Crippen molar-refractivity contribution in [3.8, 4) is 23.0 Å². The molecular weight excluding hydrogens is 540 g/mol. The number of aryl methyl sites for hydroxylation is 3. The van der Waals surface area contributed by atoms with Crippen molar-refractivity contribution in [2.24, 2.45) is 0 Å². The SMILES string of the molecule is Cc1ccc(O)c(C(=O)OCC(=O)c2ccc(CO)cc2)c1.Cc1ccc(OCC(=O)c2cc(C)c(O)cc2O)cc1. The minimum absolute atomic E-state index is 0.0310. The molecule has 0 saturated carbocycles. The number of carbonyl (C=O) groups excluding carboxylic acids is 3. The summed E-state index contributed by atoms with van der Waals surface area (Å²) in [5, 5.41) is 37.7. The molecule has 0 unspecified atom stereocenters. The second-order valence-electron chi connectivity index (χ2n) is 9.56. The number of esters is 1. The molecule has 9 nitrogen and oxygen atoms in total. The first kappa shape index (κ1) is 31.4. The molecule has 0 bridgehead atoms. The van der Waals surface area contributed by atoms with Crippen LogP contribution in [-0.2, 0) is 11.3 Å². The topological polar surface area (TPSA) is 151 Å². The highest BCUT2D eigenvalue weighted by molar-refractivity contribution is 6.00. The van der Waals surface area contributed by atoms with Gasteiger partial charge in [-0.05, 0) is 62.2 Å². The van der Waals surface area contributed by atoms with Gasteiger partial charge in [0.25, 0.3) is 0 Å². The number of aliphatic hydroxyl groups is 1. The molecule has 0 radical (unpaired) electrons. The quantitative estimate of drug-likeness (QED) is 0.157. The molecule has 0 heterocycles. The van der Waals surface area contributed by atoms with Gasteiger partial charge in [-0.25, -0.2) is 4.79 Å². The number of hydrogen-bond acceptors (Lipinski definition) is 9. The summed E-state index contributed by atoms with van der Waals surface area (Å²) in [5.41, 5.74) is 3.69. The zero-order valence-corrected chi connectivity index (χ0v) is 23.5. The van der Waals surface area contributed by atoms with E-state index in [4.69, 9.17) is 14.6 Å². The maximum absolute atomic E-state index is 12.0. The van der Waals surface area contributed by atoms with E-state index in [0.717, 1.165) is 17.2 Å². The lowest BCUT2D eigenvalue weighted by Crippen LogP contribution is -2.14. The Hall–Kier alpha value is -5.15. The standard InChI is InChI=1S/C17H16O5.C16H16O4/c1-11-2-7-15(19)14(8-11)17(21)22-10-16(20)13-5-3-12(9-18)4-6-13;1-10-3-5-12(6-4-10)20-9-16(19)13-7-11(2)14(17)8-15(13)18/h2-8,18-19H,9-10H2,1H3;3-8,17-18H,9H2,1-2H3. The molecular formula is C33H32O9. The molecule has 4 N–H and O–H groups in total. The van der Waals surface area contributed by atoms with Gasteiger partial charge in [-0.2, -0.15) is 0 Å². The number of ketones is 2. The fraction of sp³-hybridized carbons (Fsp3) is 0.182. The van der Waals surface area contributed by atoms with Gasteiger partial charge in [-0.3, -0.25) is 9.59 Å². The number of phenolic OH excluding ortho intramolecular Hbond substituents is 3. The number of rotatable bonds is 9. The highest BCUT2D eigenvalue weighted by atomic mass is 16.5. The molecule has 0 aliphatic rings. The van der Waals surface area contributed by atoms with Crippen LogP contribution in [0.1, 0.15) is 53.3 Å². The highest BCUT2D eigenvalue weighted by Crippen LogP contribution is 2.27. The highest BCUT2D eigenvalue weighted by Gasteiger charge is 2.16. The van der Waals surface area contributed by atoms with Crippen molar-refractivity contribution in [2.75, 3.05) is 13.2 Å². The zero-order chi connectivity index (χ0) is 30.8. The van der Waals surface area contributed by atoms with Crippen molar-refractivity contribution >= 4 is 17.5 Å². The summed E-state index contributed by atoms with van der Waals surface area (Å²) in [7, 11) is 0. The van der Waals surface area contributed by atoms with Crippen molar-refractivity contribution in [1.29, 1.82) is 0 Å². The van der Waals surface area contributed by atoms with E-state index in [-0.39, 0.29) is 53.2 Å². The minimum atomic E-state index is -0.749. The molecule has 42 heavy (non-hydrogen) atoms. The molecule has 0 aliphatic heterocycles. The van der Waals surface area contributed by atoms with Crippen LogP contribution in [0.4, 0.5) is 0 Å². The molecule has 9 heteroatoms. The molecule has 0 spiro atoms. The number of carbonyl (C=O) groups is 3. The number of Topliss-reactive ketones (excluding diaryl/α,β-unsaturated/α-hetero) is 2. The molecule has 0 atom stereocenters. The molecule has 218 valence electrons. The molecule has 4 rings (SSSR count). The monoisotopic (exact) mass is 572 g/mol. The second-order valence-corrected chi connectivity index (χ2v) is 9.56. The maximum Gasteiger partial charge on any atom is 0.342 e. The lowest BCUT2D eigenvalue weighted by molar-refractivity contribution is 0.0471. The lowest BCUT2D eigenvalue weighted by atomic mass is 10.1. The zero-order valence-electron chi connectivity index (χ0n) is 23.5. The van der Waals surface area contributed by atoms with Crippen molar-refractivity contribution < 1.29 is 44.3 Å². The number of phenols is 3. The first-order chi connectivity index (χ1) is 20.0. The van der Waals surface area contributed by atoms with Crippen molar-refractivity contribution in [2.45, 2.75) is 27.4 Å².